The standard InChI is InChI=1S/C41H53N3O9.C26H38N2O7.C15H17NO2.C7H6O2.C4H9N/c1-8-51-38(49)41-20-26(41)15-13-11-9-10-12-14-25(18-32(46)52-39(4,5)6)37(48)44-23-40(21-30(44)36(47)43-41)22-31(45)33-28-19-27(50-7)16-17-29(28)42-34(24(2)3)35(33)53-40;1-5-34-24(33)26-15-18(26)12-10-8-6-7-9-11-17(13-21(30)35-25(2,3)4)23(32)28-16-19(29)14-20(28)22(31)27-26;1-8(2)14-15(18)13(10(4)17)11-7-9(3)5-6-12(11)16-14;8-7(9)6-4-2-1-3-5-6;1-2-4-5-3-1/h13,15-17,19,24-26,30H,8-12,14,18,20-23H2,1-7H3,(H,43,47);10,12,17-18,20H,5-9,11,13-16H2,1-4H3,(H,27,31);5-8,18H,1-4H3;1-5H,(H,8,9);5H,1-4H2/b15-13-;12-10-;;;/t25-,26-,30+,40+,41-;17-,18-,20+,26-;;;/m11.../s1. The molecule has 5 fully saturated rings. The second-order valence-corrected chi connectivity index (χ2v) is 35.2. The molecule has 3 aromatic carbocycles. The molecule has 6 aliphatic heterocycles. The molecule has 0 bridgehead atoms. The maximum Gasteiger partial charge on any atom is 0.335 e. The van der Waals surface area contributed by atoms with Crippen LogP contribution < -0.4 is 25.4 Å². The number of hydrogen-bond donors (Lipinski definition) is 5. The molecule has 9 atom stereocenters. The monoisotopic (exact) mass is 1660 g/mol. The molecular formula is C93H123N7O20. The molecule has 650 valence electrons. The molecule has 27 heteroatoms. The zero-order chi connectivity index (χ0) is 87.8. The number of rotatable bonds is 13. The minimum Gasteiger partial charge on any atom is -0.505 e. The van der Waals surface area contributed by atoms with Gasteiger partial charge in [0.05, 0.1) is 91.8 Å². The highest BCUT2D eigenvalue weighted by atomic mass is 16.6. The van der Waals surface area contributed by atoms with E-state index in [0.29, 0.717) is 82.6 Å². The number of benzene rings is 3. The molecule has 1 spiro atoms. The van der Waals surface area contributed by atoms with E-state index in [1.807, 2.05) is 83.2 Å². The van der Waals surface area contributed by atoms with Gasteiger partial charge in [-0.25, -0.2) is 24.4 Å². The van der Waals surface area contributed by atoms with Gasteiger partial charge < -0.3 is 64.4 Å². The molecule has 120 heavy (non-hydrogen) atoms. The molecule has 8 heterocycles. The van der Waals surface area contributed by atoms with E-state index in [0.717, 1.165) is 61.4 Å². The average molecular weight is 1660 g/mol. The Balaban J connectivity index is 0.000000206. The molecule has 0 radical (unpaired) electrons. The summed E-state index contributed by atoms with van der Waals surface area (Å²) < 4.78 is 34.1. The molecule has 0 unspecified atom stereocenters. The summed E-state index contributed by atoms with van der Waals surface area (Å²) in [5.74, 6) is -6.26. The number of allylic oxidation sites excluding steroid dienone is 2. The van der Waals surface area contributed by atoms with Crippen LogP contribution in [-0.4, -0.2) is 187 Å². The lowest BCUT2D eigenvalue weighted by atomic mass is 9.85. The van der Waals surface area contributed by atoms with Gasteiger partial charge in [0.15, 0.2) is 23.1 Å². The first-order valence-electron chi connectivity index (χ1n) is 42.5. The van der Waals surface area contributed by atoms with Gasteiger partial charge in [-0.2, -0.15) is 0 Å². The lowest BCUT2D eigenvalue weighted by Crippen LogP contribution is -2.54. The molecular weight excluding hydrogens is 1540 g/mol. The summed E-state index contributed by atoms with van der Waals surface area (Å²) in [6.45, 7) is 27.9. The predicted molar refractivity (Wildman–Crippen MR) is 451 cm³/mol. The van der Waals surface area contributed by atoms with Gasteiger partial charge in [0.2, 0.25) is 23.6 Å². The van der Waals surface area contributed by atoms with Crippen LogP contribution in [0.15, 0.2) is 91.0 Å². The number of carbonyl (C=O) groups is 12. The number of pyridine rings is 2. The highest BCUT2D eigenvalue weighted by Crippen LogP contribution is 2.51. The Kier molecular flexibility index (Phi) is 31.7. The number of carboxylic acids is 1. The maximum absolute atomic E-state index is 14.8. The van der Waals surface area contributed by atoms with Gasteiger partial charge in [0.1, 0.15) is 51.5 Å². The smallest absolute Gasteiger partial charge is 0.335 e. The Hall–Kier alpha value is -10.4. The summed E-state index contributed by atoms with van der Waals surface area (Å²) in [6, 6.07) is 17.3. The fraction of sp³-hybridized carbons (Fsp3) is 0.570. The van der Waals surface area contributed by atoms with Crippen LogP contribution in [0, 0.1) is 30.6 Å². The summed E-state index contributed by atoms with van der Waals surface area (Å²) in [5, 5.41) is 29.0. The zero-order valence-electron chi connectivity index (χ0n) is 72.5. The number of methoxy groups -OCH3 is 1. The van der Waals surface area contributed by atoms with Crippen molar-refractivity contribution in [3.8, 4) is 17.2 Å². The van der Waals surface area contributed by atoms with Crippen LogP contribution in [0.4, 0.5) is 0 Å². The van der Waals surface area contributed by atoms with Gasteiger partial charge in [0, 0.05) is 47.3 Å². The number of aryl methyl sites for hydroxylation is 1. The number of hydrogen-bond acceptors (Lipinski definition) is 22. The van der Waals surface area contributed by atoms with Crippen LogP contribution in [0.2, 0.25) is 0 Å². The number of aromatic carboxylic acids is 1. The van der Waals surface area contributed by atoms with Crippen LogP contribution >= 0.6 is 0 Å². The number of amides is 4. The van der Waals surface area contributed by atoms with E-state index in [4.69, 9.17) is 38.5 Å². The maximum atomic E-state index is 14.8. The number of Topliss-reactive ketones (excluding diaryl/α,β-unsaturated/α-hetero) is 3. The van der Waals surface area contributed by atoms with E-state index in [1.54, 1.807) is 105 Å². The number of carboxylic acid groups (broad SMARTS) is 1. The quantitative estimate of drug-likeness (QED) is 0.0316. The number of nitrogens with one attached hydrogen (secondary N) is 3. The second kappa shape index (κ2) is 40.7. The molecule has 13 rings (SSSR count). The van der Waals surface area contributed by atoms with Crippen molar-refractivity contribution >= 4 is 92.6 Å². The molecule has 2 saturated carbocycles. The molecule has 2 aromatic heterocycles. The van der Waals surface area contributed by atoms with Crippen LogP contribution in [0.25, 0.3) is 21.8 Å². The van der Waals surface area contributed by atoms with Gasteiger partial charge in [-0.15, -0.1) is 0 Å². The summed E-state index contributed by atoms with van der Waals surface area (Å²) in [5.41, 5.74) is -0.375. The van der Waals surface area contributed by atoms with Gasteiger partial charge in [-0.3, -0.25) is 43.2 Å². The zero-order valence-corrected chi connectivity index (χ0v) is 72.5. The number of fused-ring (bicyclic) bond motifs is 8. The van der Waals surface area contributed by atoms with Crippen molar-refractivity contribution in [3.63, 3.8) is 0 Å². The van der Waals surface area contributed by atoms with Gasteiger partial charge in [-0.1, -0.05) is 108 Å². The number of ether oxygens (including phenoxy) is 6. The summed E-state index contributed by atoms with van der Waals surface area (Å²) in [7, 11) is 1.56. The Morgan fingerprint density at radius 3 is 1.63 bits per heavy atom. The average Bonchev–Trinajstić information content (AvgIpc) is 1.59. The van der Waals surface area contributed by atoms with Gasteiger partial charge >= 0.3 is 29.8 Å². The molecule has 3 saturated heterocycles. The first kappa shape index (κ1) is 93.4. The van der Waals surface area contributed by atoms with Crippen LogP contribution in [0.1, 0.15) is 272 Å². The number of ketones is 3. The highest BCUT2D eigenvalue weighted by molar-refractivity contribution is 6.12. The third kappa shape index (κ3) is 23.8. The normalized spacial score (nSPS) is 24.8. The third-order valence-corrected chi connectivity index (χ3v) is 22.5. The third-order valence-electron chi connectivity index (χ3n) is 22.5. The summed E-state index contributed by atoms with van der Waals surface area (Å²) in [4.78, 5) is 169. The number of carbonyl (C=O) groups excluding carboxylic acids is 11. The van der Waals surface area contributed by atoms with E-state index >= 15 is 0 Å². The minimum atomic E-state index is -1.26. The van der Waals surface area contributed by atoms with E-state index < -0.39 is 99.4 Å². The summed E-state index contributed by atoms with van der Waals surface area (Å²) >= 11 is 0. The number of aromatic hydroxyl groups is 1. The molecule has 4 amide bonds. The fourth-order valence-electron chi connectivity index (χ4n) is 16.4. The van der Waals surface area contributed by atoms with Gasteiger partial charge in [-0.05, 0) is 201 Å². The van der Waals surface area contributed by atoms with Crippen molar-refractivity contribution < 1.29 is 96.2 Å². The molecule has 8 aliphatic rings. The number of aromatic nitrogens is 2. The Morgan fingerprint density at radius 2 is 1.15 bits per heavy atom. The SMILES string of the molecule is C1CCNC1.CC(=O)c1c(O)c(C(C)C)nc2ccc(C)cc12.CCOC(=O)[C@@]12C[C@H]1/C=C\CCCCC[C@H](CC(=O)OC(C)(C)C)C(=O)N1CC(=O)C[C@H]1C(=O)N2.CCOC(=O)[C@@]12C[C@H]1/C=C\CCCCC[C@H](CC(=O)OC(C)(C)C)C(=O)N1C[C@@]3(CC(=O)c4c(c(C(C)C)nc5ccc(OC)cc45)O3)C[C@H]1C(=O)N2.O=C(O)c1ccccc1. The molecule has 27 nitrogen and oxygen atoms in total. The van der Waals surface area contributed by atoms with Crippen LogP contribution in [0.5, 0.6) is 17.2 Å². The predicted octanol–water partition coefficient (Wildman–Crippen LogP) is 13.8. The lowest BCUT2D eigenvalue weighted by molar-refractivity contribution is -0.159. The van der Waals surface area contributed by atoms with E-state index in [-0.39, 0.29) is 111 Å². The second-order valence-electron chi connectivity index (χ2n) is 35.2. The number of esters is 4. The molecule has 5 N–H and O–H groups in total. The Labute approximate surface area is 704 Å². The lowest BCUT2D eigenvalue weighted by Gasteiger charge is -2.36. The van der Waals surface area contributed by atoms with Crippen molar-refractivity contribution in [2.45, 2.75) is 271 Å². The van der Waals surface area contributed by atoms with Gasteiger partial charge in [0.25, 0.3) is 0 Å². The van der Waals surface area contributed by atoms with E-state index in [9.17, 15) is 62.6 Å². The highest BCUT2D eigenvalue weighted by Gasteiger charge is 2.64. The van der Waals surface area contributed by atoms with Crippen LogP contribution in [0.3, 0.4) is 0 Å². The first-order chi connectivity index (χ1) is 56.8. The van der Waals surface area contributed by atoms with E-state index in [1.165, 1.54) is 42.7 Å². The van der Waals surface area contributed by atoms with Crippen molar-refractivity contribution in [2.75, 3.05) is 46.5 Å². The number of nitrogens with zero attached hydrogens (tertiary/aromatic N) is 4. The van der Waals surface area contributed by atoms with Crippen molar-refractivity contribution in [2.24, 2.45) is 23.7 Å². The Morgan fingerprint density at radius 1 is 0.633 bits per heavy atom. The fourth-order valence-corrected chi connectivity index (χ4v) is 16.4. The topological polar surface area (TPSA) is 369 Å². The van der Waals surface area contributed by atoms with Crippen molar-refractivity contribution in [1.82, 2.24) is 35.7 Å². The minimum absolute atomic E-state index is 0.00199. The largest absolute Gasteiger partial charge is 0.505 e. The molecule has 2 aliphatic carbocycles. The van der Waals surface area contributed by atoms with Crippen molar-refractivity contribution in [1.29, 1.82) is 0 Å². The van der Waals surface area contributed by atoms with Crippen molar-refractivity contribution in [3.05, 3.63) is 125 Å². The Bertz CT molecular complexity index is 4660. The summed E-state index contributed by atoms with van der Waals surface area (Å²) in [6.07, 6.45) is 18.5. The first-order valence-corrected chi connectivity index (χ1v) is 42.5. The van der Waals surface area contributed by atoms with E-state index in [2.05, 4.69) is 20.9 Å². The van der Waals surface area contributed by atoms with Crippen LogP contribution in [-0.2, 0) is 62.1 Å². The molecule has 5 aromatic rings.